The molecule has 0 rings (SSSR count). The van der Waals surface area contributed by atoms with Crippen LogP contribution in [-0.2, 0) is 0 Å². The van der Waals surface area contributed by atoms with Gasteiger partial charge in [0.1, 0.15) is 7.28 Å². The lowest BCUT2D eigenvalue weighted by Crippen LogP contribution is -2.08. The second kappa shape index (κ2) is 10.2. The van der Waals surface area contributed by atoms with E-state index in [1.807, 2.05) is 0 Å². The van der Waals surface area contributed by atoms with Gasteiger partial charge in [-0.15, -0.1) is 0 Å². The Labute approximate surface area is 113 Å². The number of aliphatic hydroxyl groups excluding tert-OH is 1. The maximum atomic E-state index is 9.43. The van der Waals surface area contributed by atoms with Gasteiger partial charge in [0.15, 0.2) is 0 Å². The summed E-state index contributed by atoms with van der Waals surface area (Å²) in [4.78, 5) is 0. The third kappa shape index (κ3) is 5.70. The lowest BCUT2D eigenvalue weighted by atomic mass is 9.65. The van der Waals surface area contributed by atoms with Crippen molar-refractivity contribution in [3.63, 3.8) is 0 Å². The first-order valence-corrected chi connectivity index (χ1v) is 6.99. The van der Waals surface area contributed by atoms with Crippen LogP contribution in [0.25, 0.3) is 0 Å². The van der Waals surface area contributed by atoms with Crippen molar-refractivity contribution in [3.8, 4) is 0 Å². The molecule has 0 fully saturated rings. The van der Waals surface area contributed by atoms with Crippen LogP contribution in [-0.4, -0.2) is 25.5 Å². The molecule has 0 spiro atoms. The molecule has 18 heavy (non-hydrogen) atoms. The summed E-state index contributed by atoms with van der Waals surface area (Å²) in [6.45, 7) is 11.0. The summed E-state index contributed by atoms with van der Waals surface area (Å²) in [5.41, 5.74) is 9.14. The molecule has 0 aromatic carbocycles. The van der Waals surface area contributed by atoms with E-state index in [2.05, 4.69) is 33.3 Å². The highest BCUT2D eigenvalue weighted by molar-refractivity contribution is 6.35. The highest BCUT2D eigenvalue weighted by atomic mass is 16.3. The molecule has 0 amide bonds. The van der Waals surface area contributed by atoms with Crippen LogP contribution in [0.1, 0.15) is 33.1 Å². The summed E-state index contributed by atoms with van der Waals surface area (Å²) in [6.07, 6.45) is 6.89. The van der Waals surface area contributed by atoms with Crippen molar-refractivity contribution in [1.29, 1.82) is 0 Å². The van der Waals surface area contributed by atoms with E-state index in [1.165, 1.54) is 18.4 Å². The van der Waals surface area contributed by atoms with Gasteiger partial charge in [0.05, 0.1) is 6.61 Å². The number of hydrogen-bond donors (Lipinski definition) is 2. The van der Waals surface area contributed by atoms with E-state index in [9.17, 15) is 5.11 Å². The van der Waals surface area contributed by atoms with E-state index in [1.54, 1.807) is 6.08 Å². The van der Waals surface area contributed by atoms with Crippen molar-refractivity contribution in [2.45, 2.75) is 45.8 Å². The molecule has 3 N–H and O–H groups in total. The fourth-order valence-corrected chi connectivity index (χ4v) is 2.05. The number of nitrogens with two attached hydrogens (primary N) is 1. The zero-order valence-electron chi connectivity index (χ0n) is 12.2. The molecule has 2 nitrogen and oxygen atoms in total. The van der Waals surface area contributed by atoms with Crippen molar-refractivity contribution in [3.05, 3.63) is 35.5 Å². The third-order valence-electron chi connectivity index (χ3n) is 3.30. The molecule has 1 unspecified atom stereocenters. The van der Waals surface area contributed by atoms with Gasteiger partial charge in [-0.3, -0.25) is 0 Å². The molecule has 0 aromatic heterocycles. The largest absolute Gasteiger partial charge is 0.392 e. The normalized spacial score (nSPS) is 15.1. The number of allylic oxidation sites excluding steroid dienone is 2. The predicted molar refractivity (Wildman–Crippen MR) is 83.4 cm³/mol. The highest BCUT2D eigenvalue weighted by Crippen LogP contribution is 2.27. The standard InChI is InChI=1S/C15H28BNO/c1-5-7-14(10-12(3)16-4)15(8-9-17)13(6-2)11-18/h6-7,12,16,18H,2,5,8-11,17H2,1,3-4H3/b14-7+,15-13-. The van der Waals surface area contributed by atoms with Gasteiger partial charge in [0.25, 0.3) is 0 Å². The second-order valence-electron chi connectivity index (χ2n) is 4.76. The molecule has 0 bridgehead atoms. The monoisotopic (exact) mass is 249 g/mol. The Morgan fingerprint density at radius 2 is 2.17 bits per heavy atom. The lowest BCUT2D eigenvalue weighted by molar-refractivity contribution is 0.333. The van der Waals surface area contributed by atoms with E-state index >= 15 is 0 Å². The summed E-state index contributed by atoms with van der Waals surface area (Å²) in [5.74, 6) is 0.653. The molecule has 0 saturated carbocycles. The van der Waals surface area contributed by atoms with Crippen LogP contribution in [0.2, 0.25) is 12.6 Å². The molecule has 3 heteroatoms. The average Bonchev–Trinajstić information content (AvgIpc) is 2.38. The van der Waals surface area contributed by atoms with E-state index in [-0.39, 0.29) is 6.61 Å². The molecule has 1 atom stereocenters. The maximum Gasteiger partial charge on any atom is 0.121 e. The van der Waals surface area contributed by atoms with E-state index in [4.69, 9.17) is 5.73 Å². The van der Waals surface area contributed by atoms with Crippen LogP contribution in [0, 0.1) is 0 Å². The minimum absolute atomic E-state index is 0.0421. The number of hydrogen-bond acceptors (Lipinski definition) is 2. The predicted octanol–water partition coefficient (Wildman–Crippen LogP) is 2.83. The Balaban J connectivity index is 5.30. The topological polar surface area (TPSA) is 46.2 Å². The van der Waals surface area contributed by atoms with Crippen LogP contribution >= 0.6 is 0 Å². The van der Waals surface area contributed by atoms with Gasteiger partial charge >= 0.3 is 0 Å². The quantitative estimate of drug-likeness (QED) is 0.487. The van der Waals surface area contributed by atoms with Crippen molar-refractivity contribution in [2.24, 2.45) is 5.73 Å². The first-order valence-electron chi connectivity index (χ1n) is 6.99. The summed E-state index contributed by atoms with van der Waals surface area (Å²) >= 11 is 0. The van der Waals surface area contributed by atoms with E-state index in [0.717, 1.165) is 24.8 Å². The smallest absolute Gasteiger partial charge is 0.121 e. The summed E-state index contributed by atoms with van der Waals surface area (Å²) in [7, 11) is 1.17. The van der Waals surface area contributed by atoms with Gasteiger partial charge in [-0.1, -0.05) is 45.2 Å². The first-order chi connectivity index (χ1) is 8.64. The molecule has 102 valence electrons. The molecule has 0 radical (unpaired) electrons. The minimum atomic E-state index is 0.0421. The van der Waals surface area contributed by atoms with Crippen molar-refractivity contribution in [1.82, 2.24) is 0 Å². The Kier molecular flexibility index (Phi) is 9.71. The molecule has 0 aliphatic rings. The molecule has 0 aromatic rings. The molecule has 0 aliphatic heterocycles. The Morgan fingerprint density at radius 1 is 1.50 bits per heavy atom. The SMILES string of the molecule is C=C/C(CO)=C(CCN)/C(=C/CC)CC(C)BC. The molecule has 0 aliphatic carbocycles. The fourth-order valence-electron chi connectivity index (χ4n) is 2.05. The van der Waals surface area contributed by atoms with Crippen molar-refractivity contribution in [2.75, 3.05) is 13.2 Å². The van der Waals surface area contributed by atoms with Gasteiger partial charge in [0, 0.05) is 0 Å². The molecule has 0 saturated heterocycles. The summed E-state index contributed by atoms with van der Waals surface area (Å²) in [6, 6.07) is 0. The van der Waals surface area contributed by atoms with Crippen LogP contribution < -0.4 is 5.73 Å². The third-order valence-corrected chi connectivity index (χ3v) is 3.30. The van der Waals surface area contributed by atoms with Crippen LogP contribution in [0.4, 0.5) is 0 Å². The average molecular weight is 249 g/mol. The molecule has 0 heterocycles. The fraction of sp³-hybridized carbons (Fsp3) is 0.600. The van der Waals surface area contributed by atoms with Crippen LogP contribution in [0.15, 0.2) is 35.5 Å². The van der Waals surface area contributed by atoms with Crippen LogP contribution in [0.5, 0.6) is 0 Å². The first kappa shape index (κ1) is 17.2. The summed E-state index contributed by atoms with van der Waals surface area (Å²) < 4.78 is 0. The van der Waals surface area contributed by atoms with Gasteiger partial charge in [-0.05, 0) is 42.5 Å². The van der Waals surface area contributed by atoms with Crippen molar-refractivity contribution < 1.29 is 5.11 Å². The van der Waals surface area contributed by atoms with Gasteiger partial charge in [0.2, 0.25) is 0 Å². The van der Waals surface area contributed by atoms with E-state index in [0.29, 0.717) is 12.4 Å². The van der Waals surface area contributed by atoms with Gasteiger partial charge < -0.3 is 10.8 Å². The zero-order chi connectivity index (χ0) is 14.0. The maximum absolute atomic E-state index is 9.43. The van der Waals surface area contributed by atoms with E-state index < -0.39 is 0 Å². The second-order valence-corrected chi connectivity index (χ2v) is 4.76. The highest BCUT2D eigenvalue weighted by Gasteiger charge is 2.12. The van der Waals surface area contributed by atoms with Crippen LogP contribution in [0.3, 0.4) is 0 Å². The lowest BCUT2D eigenvalue weighted by Gasteiger charge is -2.18. The molecular formula is C15H28BNO. The summed E-state index contributed by atoms with van der Waals surface area (Å²) in [5, 5.41) is 9.43. The minimum Gasteiger partial charge on any atom is -0.392 e. The Hall–Kier alpha value is -0.795. The Morgan fingerprint density at radius 3 is 2.56 bits per heavy atom. The van der Waals surface area contributed by atoms with Gasteiger partial charge in [-0.2, -0.15) is 0 Å². The Bertz CT molecular complexity index is 308. The van der Waals surface area contributed by atoms with Gasteiger partial charge in [-0.25, -0.2) is 0 Å². The number of rotatable bonds is 9. The zero-order valence-corrected chi connectivity index (χ0v) is 12.2. The number of aliphatic hydroxyl groups is 1. The molecular weight excluding hydrogens is 221 g/mol. The van der Waals surface area contributed by atoms with Crippen molar-refractivity contribution >= 4 is 7.28 Å².